The van der Waals surface area contributed by atoms with Crippen LogP contribution in [0.4, 0.5) is 0 Å². The molecule has 1 rings (SSSR count). The lowest BCUT2D eigenvalue weighted by Gasteiger charge is -2.11. The summed E-state index contributed by atoms with van der Waals surface area (Å²) in [4.78, 5) is 0. The monoisotopic (exact) mass is 163 g/mol. The predicted molar refractivity (Wildman–Crippen MR) is 47.8 cm³/mol. The zero-order valence-corrected chi connectivity index (χ0v) is 7.54. The van der Waals surface area contributed by atoms with Gasteiger partial charge in [-0.3, -0.25) is 0 Å². The SMILES string of the molecule is CCC1CCCCCN1.Cl. The Kier molecular flexibility index (Phi) is 6.14. The molecule has 0 aromatic heterocycles. The number of rotatable bonds is 1. The van der Waals surface area contributed by atoms with Crippen LogP contribution in [-0.4, -0.2) is 12.6 Å². The van der Waals surface area contributed by atoms with Gasteiger partial charge in [0.05, 0.1) is 0 Å². The van der Waals surface area contributed by atoms with Crippen LogP contribution in [0, 0.1) is 0 Å². The summed E-state index contributed by atoms with van der Waals surface area (Å²) in [6.07, 6.45) is 6.96. The normalized spacial score (nSPS) is 26.7. The second kappa shape index (κ2) is 5.99. The summed E-state index contributed by atoms with van der Waals surface area (Å²) in [6, 6.07) is 0.826. The Hall–Kier alpha value is 0.250. The van der Waals surface area contributed by atoms with Gasteiger partial charge in [0, 0.05) is 6.04 Å². The van der Waals surface area contributed by atoms with Crippen LogP contribution in [-0.2, 0) is 0 Å². The number of halogens is 1. The zero-order valence-electron chi connectivity index (χ0n) is 6.73. The molecule has 0 aliphatic carbocycles. The van der Waals surface area contributed by atoms with Crippen LogP contribution >= 0.6 is 12.4 Å². The second-order valence-corrected chi connectivity index (χ2v) is 2.91. The van der Waals surface area contributed by atoms with Crippen LogP contribution < -0.4 is 5.32 Å². The van der Waals surface area contributed by atoms with Crippen molar-refractivity contribution in [2.24, 2.45) is 0 Å². The molecule has 1 unspecified atom stereocenters. The van der Waals surface area contributed by atoms with Crippen LogP contribution in [0.3, 0.4) is 0 Å². The van der Waals surface area contributed by atoms with E-state index in [9.17, 15) is 0 Å². The van der Waals surface area contributed by atoms with Gasteiger partial charge in [0.1, 0.15) is 0 Å². The topological polar surface area (TPSA) is 12.0 Å². The lowest BCUT2D eigenvalue weighted by Crippen LogP contribution is -2.26. The molecule has 0 bridgehead atoms. The highest BCUT2D eigenvalue weighted by Gasteiger charge is 2.07. The minimum atomic E-state index is 0. The van der Waals surface area contributed by atoms with E-state index >= 15 is 0 Å². The molecular formula is C8H18ClN. The number of hydrogen-bond donors (Lipinski definition) is 1. The lowest BCUT2D eigenvalue weighted by atomic mass is 10.1. The molecule has 0 aromatic carbocycles. The Balaban J connectivity index is 0.000000810. The molecule has 1 aliphatic rings. The first-order chi connectivity index (χ1) is 4.43. The van der Waals surface area contributed by atoms with Crippen LogP contribution in [0.5, 0.6) is 0 Å². The van der Waals surface area contributed by atoms with Crippen molar-refractivity contribution in [3.05, 3.63) is 0 Å². The van der Waals surface area contributed by atoms with Crippen LogP contribution in [0.2, 0.25) is 0 Å². The molecule has 1 N–H and O–H groups in total. The molecule has 1 nitrogen and oxygen atoms in total. The highest BCUT2D eigenvalue weighted by molar-refractivity contribution is 5.85. The molecular weight excluding hydrogens is 146 g/mol. The van der Waals surface area contributed by atoms with Gasteiger partial charge in [-0.05, 0) is 25.8 Å². The van der Waals surface area contributed by atoms with Crippen molar-refractivity contribution in [1.29, 1.82) is 0 Å². The number of nitrogens with one attached hydrogen (secondary N) is 1. The van der Waals surface area contributed by atoms with Crippen molar-refractivity contribution in [3.63, 3.8) is 0 Å². The summed E-state index contributed by atoms with van der Waals surface area (Å²) in [5.41, 5.74) is 0. The molecule has 1 aliphatic heterocycles. The van der Waals surface area contributed by atoms with Crippen LogP contribution in [0.1, 0.15) is 39.0 Å². The first-order valence-corrected chi connectivity index (χ1v) is 4.17. The second-order valence-electron chi connectivity index (χ2n) is 2.91. The highest BCUT2D eigenvalue weighted by Crippen LogP contribution is 2.09. The molecule has 62 valence electrons. The maximum absolute atomic E-state index is 3.53. The van der Waals surface area contributed by atoms with Crippen LogP contribution in [0.25, 0.3) is 0 Å². The van der Waals surface area contributed by atoms with Gasteiger partial charge in [0.15, 0.2) is 0 Å². The average molecular weight is 164 g/mol. The maximum Gasteiger partial charge on any atom is 0.00644 e. The minimum absolute atomic E-state index is 0. The smallest absolute Gasteiger partial charge is 0.00644 e. The van der Waals surface area contributed by atoms with Crippen molar-refractivity contribution < 1.29 is 0 Å². The minimum Gasteiger partial charge on any atom is -0.314 e. The molecule has 0 radical (unpaired) electrons. The third-order valence-corrected chi connectivity index (χ3v) is 2.16. The third kappa shape index (κ3) is 3.43. The summed E-state index contributed by atoms with van der Waals surface area (Å²) in [6.45, 7) is 3.52. The summed E-state index contributed by atoms with van der Waals surface area (Å²) in [5.74, 6) is 0. The van der Waals surface area contributed by atoms with Crippen molar-refractivity contribution in [2.45, 2.75) is 45.1 Å². The largest absolute Gasteiger partial charge is 0.314 e. The standard InChI is InChI=1S/C8H17N.ClH/c1-2-8-6-4-3-5-7-9-8;/h8-9H,2-7H2,1H3;1H. The molecule has 2 heteroatoms. The third-order valence-electron chi connectivity index (χ3n) is 2.16. The molecule has 1 heterocycles. The summed E-state index contributed by atoms with van der Waals surface area (Å²) in [5, 5.41) is 3.53. The molecule has 0 amide bonds. The Morgan fingerprint density at radius 1 is 1.30 bits per heavy atom. The molecule has 1 saturated heterocycles. The fourth-order valence-corrected chi connectivity index (χ4v) is 1.45. The molecule has 10 heavy (non-hydrogen) atoms. The molecule has 1 fully saturated rings. The van der Waals surface area contributed by atoms with E-state index in [1.807, 2.05) is 0 Å². The number of hydrogen-bond acceptors (Lipinski definition) is 1. The van der Waals surface area contributed by atoms with Gasteiger partial charge >= 0.3 is 0 Å². The van der Waals surface area contributed by atoms with Gasteiger partial charge in [-0.1, -0.05) is 19.8 Å². The van der Waals surface area contributed by atoms with E-state index in [4.69, 9.17) is 0 Å². The Bertz CT molecular complexity index is 67.7. The lowest BCUT2D eigenvalue weighted by molar-refractivity contribution is 0.497. The van der Waals surface area contributed by atoms with Crippen molar-refractivity contribution in [1.82, 2.24) is 5.32 Å². The zero-order chi connectivity index (χ0) is 6.53. The van der Waals surface area contributed by atoms with Crippen LogP contribution in [0.15, 0.2) is 0 Å². The van der Waals surface area contributed by atoms with E-state index in [1.54, 1.807) is 0 Å². The van der Waals surface area contributed by atoms with Crippen molar-refractivity contribution in [2.75, 3.05) is 6.54 Å². The average Bonchev–Trinajstić information content (AvgIpc) is 2.13. The van der Waals surface area contributed by atoms with E-state index in [1.165, 1.54) is 38.6 Å². The summed E-state index contributed by atoms with van der Waals surface area (Å²) < 4.78 is 0. The van der Waals surface area contributed by atoms with Gasteiger partial charge < -0.3 is 5.32 Å². The Morgan fingerprint density at radius 3 is 2.80 bits per heavy atom. The van der Waals surface area contributed by atoms with Gasteiger partial charge in [0.2, 0.25) is 0 Å². The van der Waals surface area contributed by atoms with Gasteiger partial charge in [-0.25, -0.2) is 0 Å². The van der Waals surface area contributed by atoms with E-state index < -0.39 is 0 Å². The van der Waals surface area contributed by atoms with E-state index in [-0.39, 0.29) is 12.4 Å². The predicted octanol–water partition coefficient (Wildman–Crippen LogP) is 2.35. The molecule has 0 spiro atoms. The highest BCUT2D eigenvalue weighted by atomic mass is 35.5. The Labute approximate surface area is 70.0 Å². The van der Waals surface area contributed by atoms with Gasteiger partial charge in [-0.15, -0.1) is 12.4 Å². The Morgan fingerprint density at radius 2 is 2.10 bits per heavy atom. The molecule has 0 saturated carbocycles. The van der Waals surface area contributed by atoms with Crippen molar-refractivity contribution >= 4 is 12.4 Å². The first-order valence-electron chi connectivity index (χ1n) is 4.17. The molecule has 0 aromatic rings. The van der Waals surface area contributed by atoms with Crippen molar-refractivity contribution in [3.8, 4) is 0 Å². The molecule has 1 atom stereocenters. The summed E-state index contributed by atoms with van der Waals surface area (Å²) >= 11 is 0. The van der Waals surface area contributed by atoms with E-state index in [0.717, 1.165) is 6.04 Å². The maximum atomic E-state index is 3.53. The first kappa shape index (κ1) is 10.2. The van der Waals surface area contributed by atoms with E-state index in [2.05, 4.69) is 12.2 Å². The quantitative estimate of drug-likeness (QED) is 0.626. The van der Waals surface area contributed by atoms with E-state index in [0.29, 0.717) is 0 Å². The fourth-order valence-electron chi connectivity index (χ4n) is 1.45. The van der Waals surface area contributed by atoms with Gasteiger partial charge in [0.25, 0.3) is 0 Å². The fraction of sp³-hybridized carbons (Fsp3) is 1.00. The summed E-state index contributed by atoms with van der Waals surface area (Å²) in [7, 11) is 0. The van der Waals surface area contributed by atoms with Gasteiger partial charge in [-0.2, -0.15) is 0 Å².